The molecule has 0 spiro atoms. The Kier molecular flexibility index (Phi) is 12.2. The van der Waals surface area contributed by atoms with Gasteiger partial charge in [0, 0.05) is 25.8 Å². The highest BCUT2D eigenvalue weighted by atomic mass is 32.2. The number of rotatable bonds is 13. The fourth-order valence-corrected chi connectivity index (χ4v) is 4.42. The Hall–Kier alpha value is -2.11. The molecule has 0 aliphatic heterocycles. The lowest BCUT2D eigenvalue weighted by atomic mass is 9.92. The zero-order valence-electron chi connectivity index (χ0n) is 18.3. The molecule has 31 heavy (non-hydrogen) atoms. The number of ether oxygens (including phenoxy) is 1. The van der Waals surface area contributed by atoms with Crippen LogP contribution in [-0.2, 0) is 23.9 Å². The number of amides is 3. The van der Waals surface area contributed by atoms with Crippen molar-refractivity contribution in [3.63, 3.8) is 0 Å². The zero-order chi connectivity index (χ0) is 23.4. The highest BCUT2D eigenvalue weighted by molar-refractivity contribution is 8.01. The van der Waals surface area contributed by atoms with E-state index in [9.17, 15) is 24.4 Å². The van der Waals surface area contributed by atoms with Gasteiger partial charge in [-0.1, -0.05) is 31.7 Å². The highest BCUT2D eigenvalue weighted by Crippen LogP contribution is 2.24. The van der Waals surface area contributed by atoms with Gasteiger partial charge in [-0.25, -0.2) is 5.06 Å². The summed E-state index contributed by atoms with van der Waals surface area (Å²) in [6, 6.07) is 2.83. The number of likely N-dealkylation sites (N-methyl/N-ethyl adjacent to an activating group) is 1. The first-order valence-corrected chi connectivity index (χ1v) is 11.8. The second-order valence-corrected chi connectivity index (χ2v) is 9.51. The number of thioether (sulfide) groups is 1. The van der Waals surface area contributed by atoms with Crippen molar-refractivity contribution >= 4 is 46.8 Å². The van der Waals surface area contributed by atoms with Crippen molar-refractivity contribution in [2.45, 2.75) is 49.8 Å². The monoisotopic (exact) mass is 473 g/mol. The van der Waals surface area contributed by atoms with Crippen LogP contribution in [0.25, 0.3) is 0 Å². The molecule has 0 unspecified atom stereocenters. The van der Waals surface area contributed by atoms with Crippen molar-refractivity contribution < 1.29 is 29.1 Å². The number of nitrogens with zero attached hydrogens (tertiary/aromatic N) is 1. The number of hydrogen-bond acceptors (Lipinski definition) is 8. The van der Waals surface area contributed by atoms with Gasteiger partial charge in [-0.05, 0) is 30.2 Å². The van der Waals surface area contributed by atoms with Gasteiger partial charge in [0.05, 0.1) is 17.2 Å². The van der Waals surface area contributed by atoms with E-state index in [-0.39, 0.29) is 31.1 Å². The molecule has 1 aromatic rings. The lowest BCUT2D eigenvalue weighted by Gasteiger charge is -2.24. The molecule has 1 heterocycles. The number of nitrogens with one attached hydrogen (secondary N) is 2. The Morgan fingerprint density at radius 2 is 1.97 bits per heavy atom. The summed E-state index contributed by atoms with van der Waals surface area (Å²) in [7, 11) is 2.68. The third-order valence-electron chi connectivity index (χ3n) is 4.40. The molecular weight excluding hydrogens is 442 g/mol. The lowest BCUT2D eigenvalue weighted by molar-refractivity contribution is -0.163. The Labute approximate surface area is 190 Å². The molecule has 0 aliphatic rings. The van der Waals surface area contributed by atoms with Crippen LogP contribution in [0, 0.1) is 11.8 Å². The van der Waals surface area contributed by atoms with Crippen LogP contribution in [0.2, 0.25) is 0 Å². The lowest BCUT2D eigenvalue weighted by Crippen LogP contribution is -2.48. The largest absolute Gasteiger partial charge is 0.469 e. The Morgan fingerprint density at radius 1 is 1.26 bits per heavy atom. The van der Waals surface area contributed by atoms with Gasteiger partial charge in [-0.2, -0.15) is 0 Å². The minimum absolute atomic E-state index is 0.0347. The molecule has 0 radical (unpaired) electrons. The van der Waals surface area contributed by atoms with Crippen LogP contribution in [0.4, 0.5) is 0 Å². The highest BCUT2D eigenvalue weighted by Gasteiger charge is 2.29. The normalized spacial score (nSPS) is 12.7. The molecule has 0 saturated heterocycles. The van der Waals surface area contributed by atoms with E-state index in [4.69, 9.17) is 0 Å². The Balaban J connectivity index is 2.75. The van der Waals surface area contributed by atoms with E-state index < -0.39 is 35.7 Å². The van der Waals surface area contributed by atoms with Crippen LogP contribution in [0.15, 0.2) is 21.7 Å². The van der Waals surface area contributed by atoms with Gasteiger partial charge in [0.2, 0.25) is 17.7 Å². The minimum atomic E-state index is -0.930. The van der Waals surface area contributed by atoms with Crippen LogP contribution >= 0.6 is 23.1 Å². The summed E-state index contributed by atoms with van der Waals surface area (Å²) in [6.45, 7) is 3.84. The van der Waals surface area contributed by atoms with Gasteiger partial charge >= 0.3 is 5.97 Å². The van der Waals surface area contributed by atoms with Crippen LogP contribution in [0.3, 0.4) is 0 Å². The molecule has 1 aromatic heterocycles. The Bertz CT molecular complexity index is 727. The smallest absolute Gasteiger partial charge is 0.305 e. The van der Waals surface area contributed by atoms with Crippen LogP contribution in [-0.4, -0.2) is 60.0 Å². The number of thiophene rings is 1. The van der Waals surface area contributed by atoms with Gasteiger partial charge in [-0.15, -0.1) is 11.3 Å². The summed E-state index contributed by atoms with van der Waals surface area (Å²) in [5, 5.41) is 17.7. The quantitative estimate of drug-likeness (QED) is 0.132. The van der Waals surface area contributed by atoms with E-state index in [0.717, 1.165) is 4.21 Å². The van der Waals surface area contributed by atoms with Crippen molar-refractivity contribution in [2.75, 3.05) is 20.0 Å². The number of carbonyl (C=O) groups is 4. The molecule has 3 N–H and O–H groups in total. The molecule has 2 atom stereocenters. The number of hydrogen-bond donors (Lipinski definition) is 3. The van der Waals surface area contributed by atoms with Crippen molar-refractivity contribution in [2.24, 2.45) is 11.8 Å². The van der Waals surface area contributed by atoms with E-state index in [1.54, 1.807) is 0 Å². The van der Waals surface area contributed by atoms with Crippen LogP contribution in [0.1, 0.15) is 39.5 Å². The van der Waals surface area contributed by atoms with E-state index in [2.05, 4.69) is 15.4 Å². The summed E-state index contributed by atoms with van der Waals surface area (Å²) < 4.78 is 5.55. The fourth-order valence-electron chi connectivity index (χ4n) is 2.81. The standard InChI is InChI=1S/C20H31N3O6S2/c1-13(2)10-14(11-16(24)23(28)12-31-18-6-5-9-30-18)19(26)22-15(20(27)21-3)7-8-17(25)29-4/h5-6,9,13-15,28H,7-8,10-12H2,1-4H3,(H,21,27)(H,22,26)/t14-,15+/m1/s1. The van der Waals surface area contributed by atoms with E-state index in [0.29, 0.717) is 11.5 Å². The third kappa shape index (κ3) is 10.2. The van der Waals surface area contributed by atoms with E-state index in [1.165, 1.54) is 37.3 Å². The van der Waals surface area contributed by atoms with Gasteiger partial charge in [-0.3, -0.25) is 24.4 Å². The average Bonchev–Trinajstić information content (AvgIpc) is 3.26. The first-order chi connectivity index (χ1) is 14.7. The van der Waals surface area contributed by atoms with E-state index in [1.807, 2.05) is 31.4 Å². The topological polar surface area (TPSA) is 125 Å². The summed E-state index contributed by atoms with van der Waals surface area (Å²) in [5.41, 5.74) is 0. The minimum Gasteiger partial charge on any atom is -0.469 e. The van der Waals surface area contributed by atoms with Crippen LogP contribution < -0.4 is 10.6 Å². The number of methoxy groups -OCH3 is 1. The molecule has 1 rings (SSSR count). The van der Waals surface area contributed by atoms with E-state index >= 15 is 0 Å². The number of carbonyl (C=O) groups excluding carboxylic acids is 4. The maximum absolute atomic E-state index is 12.9. The molecule has 11 heteroatoms. The molecule has 0 bridgehead atoms. The number of hydroxylamine groups is 2. The maximum atomic E-state index is 12.9. The van der Waals surface area contributed by atoms with Gasteiger partial charge in [0.1, 0.15) is 6.04 Å². The summed E-state index contributed by atoms with van der Waals surface area (Å²) in [4.78, 5) is 48.9. The molecule has 3 amide bonds. The van der Waals surface area contributed by atoms with Crippen molar-refractivity contribution in [1.29, 1.82) is 0 Å². The predicted octanol–water partition coefficient (Wildman–Crippen LogP) is 2.25. The molecule has 0 aromatic carbocycles. The second-order valence-electron chi connectivity index (χ2n) is 7.32. The second kappa shape index (κ2) is 14.0. The average molecular weight is 474 g/mol. The van der Waals surface area contributed by atoms with Crippen molar-refractivity contribution in [1.82, 2.24) is 15.7 Å². The SMILES string of the molecule is CNC(=O)[C@H](CCC(=O)OC)NC(=O)[C@@H](CC(=O)N(O)CSc1cccs1)CC(C)C. The first kappa shape index (κ1) is 26.9. The summed E-state index contributed by atoms with van der Waals surface area (Å²) in [5.74, 6) is -2.53. The summed E-state index contributed by atoms with van der Waals surface area (Å²) in [6.07, 6.45) is 0.251. The molecular formula is C20H31N3O6S2. The third-order valence-corrected chi connectivity index (χ3v) is 6.50. The maximum Gasteiger partial charge on any atom is 0.305 e. The molecule has 174 valence electrons. The van der Waals surface area contributed by atoms with Gasteiger partial charge < -0.3 is 15.4 Å². The van der Waals surface area contributed by atoms with Crippen LogP contribution in [0.5, 0.6) is 0 Å². The fraction of sp³-hybridized carbons (Fsp3) is 0.600. The summed E-state index contributed by atoms with van der Waals surface area (Å²) >= 11 is 2.82. The number of esters is 1. The Morgan fingerprint density at radius 3 is 2.52 bits per heavy atom. The zero-order valence-corrected chi connectivity index (χ0v) is 19.9. The van der Waals surface area contributed by atoms with Crippen molar-refractivity contribution in [3.8, 4) is 0 Å². The van der Waals surface area contributed by atoms with Gasteiger partial charge in [0.15, 0.2) is 0 Å². The molecule has 9 nitrogen and oxygen atoms in total. The predicted molar refractivity (Wildman–Crippen MR) is 118 cm³/mol. The molecule has 0 saturated carbocycles. The van der Waals surface area contributed by atoms with Gasteiger partial charge in [0.25, 0.3) is 0 Å². The first-order valence-electron chi connectivity index (χ1n) is 9.92. The molecule has 0 fully saturated rings. The van der Waals surface area contributed by atoms with Crippen molar-refractivity contribution in [3.05, 3.63) is 17.5 Å². The molecule has 0 aliphatic carbocycles.